The molecule has 0 heterocycles. The molecule has 44 valence electrons. The summed E-state index contributed by atoms with van der Waals surface area (Å²) in [5.74, 6) is 0. The van der Waals surface area contributed by atoms with E-state index in [4.69, 9.17) is 0 Å². The van der Waals surface area contributed by atoms with Crippen LogP contribution in [-0.4, -0.2) is 29.6 Å². The van der Waals surface area contributed by atoms with Crippen molar-refractivity contribution in [3.05, 3.63) is 32.3 Å². The van der Waals surface area contributed by atoms with E-state index in [-0.39, 0.29) is 29.6 Å². The van der Waals surface area contributed by atoms with Gasteiger partial charge in [0.2, 0.25) is 0 Å². The summed E-state index contributed by atoms with van der Waals surface area (Å²) in [5.41, 5.74) is 0. The minimum atomic E-state index is 0. The van der Waals surface area contributed by atoms with Gasteiger partial charge >= 0.3 is 29.6 Å². The van der Waals surface area contributed by atoms with Crippen molar-refractivity contribution in [3.8, 4) is 0 Å². The molecule has 0 radical (unpaired) electrons. The topological polar surface area (TPSA) is 0 Å². The zero-order chi connectivity index (χ0) is 5.98. The van der Waals surface area contributed by atoms with Crippen molar-refractivity contribution in [1.82, 2.24) is 0 Å². The third-order valence-electron chi connectivity index (χ3n) is 0.824. The molecule has 1 aromatic carbocycles. The molecule has 0 N–H and O–H groups in total. The fourth-order valence-electron chi connectivity index (χ4n) is 0.439. The molecule has 0 atom stereocenters. The van der Waals surface area contributed by atoms with Crippen molar-refractivity contribution < 1.29 is 0 Å². The third kappa shape index (κ3) is 3.37. The van der Waals surface area contributed by atoms with Gasteiger partial charge in [0.1, 0.15) is 0 Å². The molecule has 0 spiro atoms. The Morgan fingerprint density at radius 2 is 1.78 bits per heavy atom. The van der Waals surface area contributed by atoms with Crippen LogP contribution in [0.2, 0.25) is 0 Å². The SMILES string of the molecule is Brc1ccccc1I.[NaH]. The van der Waals surface area contributed by atoms with Crippen molar-refractivity contribution in [2.45, 2.75) is 0 Å². The van der Waals surface area contributed by atoms with E-state index in [1.54, 1.807) is 0 Å². The van der Waals surface area contributed by atoms with Gasteiger partial charge in [0.25, 0.3) is 0 Å². The van der Waals surface area contributed by atoms with Crippen LogP contribution in [-0.2, 0) is 0 Å². The van der Waals surface area contributed by atoms with Gasteiger partial charge in [0.05, 0.1) is 0 Å². The molecule has 9 heavy (non-hydrogen) atoms. The molecule has 0 amide bonds. The van der Waals surface area contributed by atoms with Gasteiger partial charge in [-0.15, -0.1) is 0 Å². The predicted octanol–water partition coefficient (Wildman–Crippen LogP) is 2.41. The summed E-state index contributed by atoms with van der Waals surface area (Å²) in [6.07, 6.45) is 0. The molecule has 1 aromatic rings. The Hall–Kier alpha value is 1.43. The van der Waals surface area contributed by atoms with E-state index in [1.165, 1.54) is 8.04 Å². The van der Waals surface area contributed by atoms with Crippen LogP contribution in [0, 0.1) is 3.57 Å². The van der Waals surface area contributed by atoms with Gasteiger partial charge in [-0.05, 0) is 50.7 Å². The molecule has 0 nitrogen and oxygen atoms in total. The molecule has 0 aliphatic heterocycles. The number of benzene rings is 1. The zero-order valence-corrected chi connectivity index (χ0v) is 7.81. The third-order valence-corrected chi connectivity index (χ3v) is 3.20. The Labute approximate surface area is 99.0 Å². The average Bonchev–Trinajstić information content (AvgIpc) is 1.77. The predicted molar refractivity (Wildman–Crippen MR) is 54.0 cm³/mol. The van der Waals surface area contributed by atoms with E-state index in [2.05, 4.69) is 44.6 Å². The van der Waals surface area contributed by atoms with Crippen LogP contribution in [0.4, 0.5) is 0 Å². The fourth-order valence-corrected chi connectivity index (χ4v) is 1.11. The number of halogens is 2. The second-order valence-electron chi connectivity index (χ2n) is 1.41. The summed E-state index contributed by atoms with van der Waals surface area (Å²) in [5, 5.41) is 0. The Morgan fingerprint density at radius 1 is 1.22 bits per heavy atom. The minimum absolute atomic E-state index is 0. The second kappa shape index (κ2) is 5.13. The molecule has 0 saturated carbocycles. The number of rotatable bonds is 0. The van der Waals surface area contributed by atoms with E-state index >= 15 is 0 Å². The fraction of sp³-hybridized carbons (Fsp3) is 0. The summed E-state index contributed by atoms with van der Waals surface area (Å²) in [6.45, 7) is 0. The summed E-state index contributed by atoms with van der Waals surface area (Å²) in [4.78, 5) is 0. The van der Waals surface area contributed by atoms with Crippen LogP contribution in [0.25, 0.3) is 0 Å². The van der Waals surface area contributed by atoms with E-state index in [0.717, 1.165) is 0 Å². The molecular weight excluding hydrogens is 302 g/mol. The Bertz CT molecular complexity index is 169. The molecule has 0 aromatic heterocycles. The molecule has 0 aliphatic carbocycles. The summed E-state index contributed by atoms with van der Waals surface area (Å²) in [7, 11) is 0. The van der Waals surface area contributed by atoms with Crippen molar-refractivity contribution >= 4 is 68.1 Å². The van der Waals surface area contributed by atoms with E-state index in [1.807, 2.05) is 18.2 Å². The van der Waals surface area contributed by atoms with Gasteiger partial charge in [-0.25, -0.2) is 0 Å². The Kier molecular flexibility index (Phi) is 5.94. The van der Waals surface area contributed by atoms with Crippen LogP contribution >= 0.6 is 38.5 Å². The van der Waals surface area contributed by atoms with Crippen LogP contribution in [0.3, 0.4) is 0 Å². The first-order chi connectivity index (χ1) is 3.80. The van der Waals surface area contributed by atoms with Crippen molar-refractivity contribution in [1.29, 1.82) is 0 Å². The number of hydrogen-bond donors (Lipinski definition) is 0. The average molecular weight is 307 g/mol. The summed E-state index contributed by atoms with van der Waals surface area (Å²) < 4.78 is 2.42. The quantitative estimate of drug-likeness (QED) is 0.510. The van der Waals surface area contributed by atoms with E-state index in [9.17, 15) is 0 Å². The van der Waals surface area contributed by atoms with Gasteiger partial charge in [-0.2, -0.15) is 0 Å². The molecule has 0 unspecified atom stereocenters. The van der Waals surface area contributed by atoms with Gasteiger partial charge < -0.3 is 0 Å². The normalized spacial score (nSPS) is 8.22. The maximum atomic E-state index is 3.39. The van der Waals surface area contributed by atoms with Crippen LogP contribution < -0.4 is 0 Å². The molecule has 0 fully saturated rings. The zero-order valence-electron chi connectivity index (χ0n) is 4.07. The van der Waals surface area contributed by atoms with Gasteiger partial charge in [0.15, 0.2) is 0 Å². The molecule has 0 aliphatic rings. The first-order valence-corrected chi connectivity index (χ1v) is 4.08. The first kappa shape index (κ1) is 10.4. The molecule has 0 saturated heterocycles. The Balaban J connectivity index is 0.000000640. The van der Waals surface area contributed by atoms with Gasteiger partial charge in [-0.1, -0.05) is 12.1 Å². The first-order valence-electron chi connectivity index (χ1n) is 2.21. The van der Waals surface area contributed by atoms with Gasteiger partial charge in [0, 0.05) is 8.04 Å². The summed E-state index contributed by atoms with van der Waals surface area (Å²) in [6, 6.07) is 8.12. The molecular formula is C6H5BrINa. The maximum absolute atomic E-state index is 3.39. The monoisotopic (exact) mass is 306 g/mol. The van der Waals surface area contributed by atoms with Crippen molar-refractivity contribution in [3.63, 3.8) is 0 Å². The standard InChI is InChI=1S/C6H4BrI.Na.H/c7-5-3-1-2-4-6(5)8;;/h1-4H;;. The summed E-state index contributed by atoms with van der Waals surface area (Å²) >= 11 is 5.67. The van der Waals surface area contributed by atoms with Crippen molar-refractivity contribution in [2.24, 2.45) is 0 Å². The molecule has 1 rings (SSSR count). The Morgan fingerprint density at radius 3 is 2.11 bits per heavy atom. The second-order valence-corrected chi connectivity index (χ2v) is 3.43. The van der Waals surface area contributed by atoms with Gasteiger partial charge in [-0.3, -0.25) is 0 Å². The van der Waals surface area contributed by atoms with E-state index < -0.39 is 0 Å². The van der Waals surface area contributed by atoms with Crippen LogP contribution in [0.15, 0.2) is 28.7 Å². The van der Waals surface area contributed by atoms with Crippen LogP contribution in [0.5, 0.6) is 0 Å². The van der Waals surface area contributed by atoms with Crippen LogP contribution in [0.1, 0.15) is 0 Å². The van der Waals surface area contributed by atoms with E-state index in [0.29, 0.717) is 0 Å². The molecule has 0 bridgehead atoms. The molecule has 3 heteroatoms. The number of hydrogen-bond acceptors (Lipinski definition) is 0. The van der Waals surface area contributed by atoms with Crippen molar-refractivity contribution in [2.75, 3.05) is 0 Å².